The minimum absolute atomic E-state index is 0.0918. The van der Waals surface area contributed by atoms with E-state index in [2.05, 4.69) is 68.5 Å². The zero-order valence-electron chi connectivity index (χ0n) is 20.7. The van der Waals surface area contributed by atoms with Gasteiger partial charge < -0.3 is 9.30 Å². The number of imidazole rings is 1. The number of amides is 1. The van der Waals surface area contributed by atoms with E-state index in [1.54, 1.807) is 4.90 Å². The molecule has 186 valence electrons. The number of tetrazole rings is 1. The van der Waals surface area contributed by atoms with Crippen LogP contribution in [0.2, 0.25) is 0 Å². The molecule has 0 radical (unpaired) electrons. The fraction of sp³-hybridized carbons (Fsp3) is 0.444. The van der Waals surface area contributed by atoms with Gasteiger partial charge in [0.05, 0.1) is 23.8 Å². The second kappa shape index (κ2) is 9.37. The Morgan fingerprint density at radius 2 is 1.89 bits per heavy atom. The van der Waals surface area contributed by atoms with Gasteiger partial charge in [-0.15, -0.1) is 5.10 Å². The third-order valence-electron chi connectivity index (χ3n) is 7.91. The molecule has 0 bridgehead atoms. The van der Waals surface area contributed by atoms with Crippen LogP contribution in [0.4, 0.5) is 10.5 Å². The van der Waals surface area contributed by atoms with Crippen LogP contribution in [0.1, 0.15) is 73.8 Å². The fourth-order valence-electron chi connectivity index (χ4n) is 6.08. The van der Waals surface area contributed by atoms with E-state index in [4.69, 9.17) is 9.72 Å². The van der Waals surface area contributed by atoms with Gasteiger partial charge in [0.15, 0.2) is 5.82 Å². The van der Waals surface area contributed by atoms with Crippen molar-refractivity contribution in [1.29, 1.82) is 0 Å². The van der Waals surface area contributed by atoms with Crippen molar-refractivity contribution in [2.45, 2.75) is 69.9 Å². The highest BCUT2D eigenvalue weighted by Crippen LogP contribution is 2.42. The number of carbonyl (C=O) groups excluding carboxylic acids is 1. The van der Waals surface area contributed by atoms with Crippen molar-refractivity contribution in [3.8, 4) is 0 Å². The Morgan fingerprint density at radius 3 is 2.61 bits per heavy atom. The topological polar surface area (TPSA) is 102 Å². The molecule has 0 spiro atoms. The number of fused-ring (bicyclic) bond motifs is 3. The van der Waals surface area contributed by atoms with Crippen LogP contribution in [0.5, 0.6) is 0 Å². The summed E-state index contributed by atoms with van der Waals surface area (Å²) >= 11 is 0. The Labute approximate surface area is 209 Å². The summed E-state index contributed by atoms with van der Waals surface area (Å²) in [6.45, 7) is 2.08. The zero-order chi connectivity index (χ0) is 24.6. The molecule has 2 aliphatic rings. The number of nitrogens with one attached hydrogen (secondary N) is 1. The van der Waals surface area contributed by atoms with Gasteiger partial charge in [-0.2, -0.15) is 0 Å². The third-order valence-corrected chi connectivity index (χ3v) is 7.91. The molecule has 3 heterocycles. The van der Waals surface area contributed by atoms with Gasteiger partial charge in [0.2, 0.25) is 0 Å². The van der Waals surface area contributed by atoms with E-state index >= 15 is 0 Å². The van der Waals surface area contributed by atoms with Crippen LogP contribution < -0.4 is 4.90 Å². The van der Waals surface area contributed by atoms with Crippen LogP contribution in [0.3, 0.4) is 0 Å². The number of aryl methyl sites for hydroxylation is 1. The standard InChI is InChI=1S/C27H31N7O2/c1-17-8-13-21-22(33(17)27(35)36-2)14-15-23-25(21)28-24(16-18-6-4-3-5-7-18)34(23)20-11-9-19(10-12-20)26-29-31-32-30-26/h3-7,14-15,17,19-20H,8-13,16H2,1-2H3,(H,29,30,31,32)/t17-,19-,20-/m0/s1. The number of nitrogens with zero attached hydrogens (tertiary/aromatic N) is 6. The smallest absolute Gasteiger partial charge is 0.414 e. The number of anilines is 1. The first-order valence-electron chi connectivity index (χ1n) is 12.8. The van der Waals surface area contributed by atoms with Crippen LogP contribution in [0, 0.1) is 0 Å². The average molecular weight is 486 g/mol. The molecular weight excluding hydrogens is 454 g/mol. The van der Waals surface area contributed by atoms with Crippen molar-refractivity contribution in [2.24, 2.45) is 0 Å². The highest BCUT2D eigenvalue weighted by molar-refractivity contribution is 5.95. The number of carbonyl (C=O) groups is 1. The third kappa shape index (κ3) is 3.92. The van der Waals surface area contributed by atoms with E-state index in [1.165, 1.54) is 12.7 Å². The predicted molar refractivity (Wildman–Crippen MR) is 136 cm³/mol. The lowest BCUT2D eigenvalue weighted by atomic mass is 9.85. The Morgan fingerprint density at radius 1 is 1.08 bits per heavy atom. The van der Waals surface area contributed by atoms with Crippen molar-refractivity contribution in [3.63, 3.8) is 0 Å². The summed E-state index contributed by atoms with van der Waals surface area (Å²) in [4.78, 5) is 19.7. The summed E-state index contributed by atoms with van der Waals surface area (Å²) in [5.74, 6) is 2.34. The molecule has 1 aliphatic carbocycles. The van der Waals surface area contributed by atoms with Gasteiger partial charge in [0, 0.05) is 30.0 Å². The Balaban J connectivity index is 1.42. The zero-order valence-corrected chi connectivity index (χ0v) is 20.7. The van der Waals surface area contributed by atoms with E-state index in [1.807, 2.05) is 6.07 Å². The molecule has 9 heteroatoms. The van der Waals surface area contributed by atoms with Crippen LogP contribution in [-0.2, 0) is 17.6 Å². The summed E-state index contributed by atoms with van der Waals surface area (Å²) in [6, 6.07) is 15.2. The van der Waals surface area contributed by atoms with E-state index < -0.39 is 0 Å². The first-order valence-corrected chi connectivity index (χ1v) is 12.8. The number of aromatic amines is 1. The molecule has 2 aromatic heterocycles. The van der Waals surface area contributed by atoms with Gasteiger partial charge in [-0.25, -0.2) is 14.9 Å². The van der Waals surface area contributed by atoms with Gasteiger partial charge >= 0.3 is 6.09 Å². The number of H-pyrrole nitrogens is 1. The summed E-state index contributed by atoms with van der Waals surface area (Å²) in [6.07, 6.45) is 6.39. The molecule has 1 amide bonds. The number of benzene rings is 2. The minimum Gasteiger partial charge on any atom is -0.452 e. The molecule has 1 N–H and O–H groups in total. The maximum atomic E-state index is 12.6. The number of hydrogen-bond donors (Lipinski definition) is 1. The molecule has 1 aliphatic heterocycles. The van der Waals surface area contributed by atoms with E-state index in [-0.39, 0.29) is 12.1 Å². The van der Waals surface area contributed by atoms with E-state index in [0.29, 0.717) is 12.0 Å². The molecule has 2 aromatic carbocycles. The number of rotatable bonds is 4. The second-order valence-electron chi connectivity index (χ2n) is 10.0. The molecule has 0 unspecified atom stereocenters. The number of hydrogen-bond acceptors (Lipinski definition) is 6. The average Bonchev–Trinajstić information content (AvgIpc) is 3.57. The molecule has 1 fully saturated rings. The molecule has 1 atom stereocenters. The van der Waals surface area contributed by atoms with Gasteiger partial charge in [0.1, 0.15) is 5.82 Å². The molecule has 9 nitrogen and oxygen atoms in total. The lowest BCUT2D eigenvalue weighted by Gasteiger charge is -2.34. The highest BCUT2D eigenvalue weighted by atomic mass is 16.5. The van der Waals surface area contributed by atoms with Crippen molar-refractivity contribution >= 4 is 22.8 Å². The van der Waals surface area contributed by atoms with E-state index in [9.17, 15) is 4.79 Å². The van der Waals surface area contributed by atoms with Crippen molar-refractivity contribution in [1.82, 2.24) is 30.2 Å². The molecular formula is C27H31N7O2. The van der Waals surface area contributed by atoms with Gasteiger partial charge in [-0.05, 0) is 73.6 Å². The fourth-order valence-corrected chi connectivity index (χ4v) is 6.08. The summed E-state index contributed by atoms with van der Waals surface area (Å²) in [5.41, 5.74) is 5.48. The lowest BCUT2D eigenvalue weighted by molar-refractivity contribution is 0.175. The Bertz CT molecular complexity index is 1360. The Hall–Kier alpha value is -3.75. The molecule has 0 saturated heterocycles. The lowest BCUT2D eigenvalue weighted by Crippen LogP contribution is -2.42. The quantitative estimate of drug-likeness (QED) is 0.439. The van der Waals surface area contributed by atoms with Crippen LogP contribution in [0.15, 0.2) is 42.5 Å². The van der Waals surface area contributed by atoms with Gasteiger partial charge in [0.25, 0.3) is 0 Å². The number of aromatic nitrogens is 6. The minimum atomic E-state index is -0.313. The largest absolute Gasteiger partial charge is 0.452 e. The summed E-state index contributed by atoms with van der Waals surface area (Å²) < 4.78 is 7.59. The first kappa shape index (κ1) is 22.7. The molecule has 1 saturated carbocycles. The first-order chi connectivity index (χ1) is 17.6. The summed E-state index contributed by atoms with van der Waals surface area (Å²) in [7, 11) is 1.44. The predicted octanol–water partition coefficient (Wildman–Crippen LogP) is 4.95. The normalized spacial score (nSPS) is 21.9. The second-order valence-corrected chi connectivity index (χ2v) is 10.0. The van der Waals surface area contributed by atoms with Gasteiger partial charge in [-0.3, -0.25) is 4.90 Å². The maximum absolute atomic E-state index is 12.6. The number of methoxy groups -OCH3 is 1. The highest BCUT2D eigenvalue weighted by Gasteiger charge is 2.33. The Kier molecular flexibility index (Phi) is 5.91. The van der Waals surface area contributed by atoms with Crippen molar-refractivity contribution in [3.05, 3.63) is 65.2 Å². The van der Waals surface area contributed by atoms with Crippen LogP contribution in [0.25, 0.3) is 11.0 Å². The number of ether oxygens (including phenoxy) is 1. The maximum Gasteiger partial charge on any atom is 0.414 e. The van der Waals surface area contributed by atoms with Crippen LogP contribution >= 0.6 is 0 Å². The molecule has 4 aromatic rings. The summed E-state index contributed by atoms with van der Waals surface area (Å²) in [5, 5.41) is 14.6. The molecule has 36 heavy (non-hydrogen) atoms. The van der Waals surface area contributed by atoms with Gasteiger partial charge in [-0.1, -0.05) is 30.3 Å². The monoisotopic (exact) mass is 485 g/mol. The SMILES string of the molecule is COC(=O)N1c2ccc3c(nc(Cc4ccccc4)n3[C@H]3CC[C@H](c4nnn[nH]4)CC3)c2CC[C@@H]1C. The van der Waals surface area contributed by atoms with Crippen molar-refractivity contribution in [2.75, 3.05) is 12.0 Å². The van der Waals surface area contributed by atoms with Crippen LogP contribution in [-0.4, -0.2) is 49.4 Å². The van der Waals surface area contributed by atoms with Crippen molar-refractivity contribution < 1.29 is 9.53 Å². The van der Waals surface area contributed by atoms with E-state index in [0.717, 1.165) is 78.9 Å². The molecule has 6 rings (SSSR count).